The van der Waals surface area contributed by atoms with Crippen LogP contribution in [0, 0.1) is 12.7 Å². The van der Waals surface area contributed by atoms with Crippen molar-refractivity contribution < 1.29 is 13.9 Å². The minimum atomic E-state index is -0.393. The minimum absolute atomic E-state index is 0.164. The maximum atomic E-state index is 13.2. The Hall–Kier alpha value is -3.81. The van der Waals surface area contributed by atoms with Gasteiger partial charge < -0.3 is 10.1 Å². The van der Waals surface area contributed by atoms with Crippen LogP contribution in [0.2, 0.25) is 0 Å². The Kier molecular flexibility index (Phi) is 4.44. The second kappa shape index (κ2) is 7.07. The van der Waals surface area contributed by atoms with E-state index in [1.807, 2.05) is 0 Å². The number of methoxy groups -OCH3 is 1. The molecule has 0 radical (unpaired) electrons. The van der Waals surface area contributed by atoms with Crippen LogP contribution in [0.1, 0.15) is 16.2 Å². The number of aryl methyl sites for hydroxylation is 1. The van der Waals surface area contributed by atoms with Crippen molar-refractivity contribution in [3.05, 3.63) is 71.9 Å². The molecule has 0 aliphatic rings. The summed E-state index contributed by atoms with van der Waals surface area (Å²) in [7, 11) is 1.58. The number of anilines is 1. The molecule has 0 atom stereocenters. The van der Waals surface area contributed by atoms with Crippen molar-refractivity contribution in [1.29, 1.82) is 0 Å². The lowest BCUT2D eigenvalue weighted by Crippen LogP contribution is -2.18. The predicted octanol–water partition coefficient (Wildman–Crippen LogP) is 3.50. The maximum absolute atomic E-state index is 13.2. The van der Waals surface area contributed by atoms with E-state index < -0.39 is 5.91 Å². The molecule has 0 fully saturated rings. The molecule has 4 rings (SSSR count). The van der Waals surface area contributed by atoms with E-state index in [2.05, 4.69) is 20.6 Å². The Labute approximate surface area is 159 Å². The smallest absolute Gasteiger partial charge is 0.278 e. The van der Waals surface area contributed by atoms with Gasteiger partial charge in [0.15, 0.2) is 11.3 Å². The SMILES string of the molecule is COc1ccc(NC(=O)c2nnc3c(-c4ccc(F)cc4)cnn3c2C)cc1. The second-order valence-electron chi connectivity index (χ2n) is 6.12. The summed E-state index contributed by atoms with van der Waals surface area (Å²) < 4.78 is 19.8. The van der Waals surface area contributed by atoms with Crippen molar-refractivity contribution in [2.24, 2.45) is 0 Å². The summed E-state index contributed by atoms with van der Waals surface area (Å²) in [5.74, 6) is -0.0175. The summed E-state index contributed by atoms with van der Waals surface area (Å²) in [4.78, 5) is 12.6. The first-order valence-corrected chi connectivity index (χ1v) is 8.49. The van der Waals surface area contributed by atoms with Gasteiger partial charge in [-0.2, -0.15) is 5.10 Å². The molecule has 0 saturated heterocycles. The summed E-state index contributed by atoms with van der Waals surface area (Å²) >= 11 is 0. The summed E-state index contributed by atoms with van der Waals surface area (Å²) in [6, 6.07) is 13.0. The van der Waals surface area contributed by atoms with E-state index >= 15 is 0 Å². The average molecular weight is 377 g/mol. The van der Waals surface area contributed by atoms with Crippen LogP contribution in [0.25, 0.3) is 16.8 Å². The van der Waals surface area contributed by atoms with Gasteiger partial charge in [0.25, 0.3) is 5.91 Å². The van der Waals surface area contributed by atoms with Crippen molar-refractivity contribution in [2.75, 3.05) is 12.4 Å². The highest BCUT2D eigenvalue weighted by Gasteiger charge is 2.18. The first kappa shape index (κ1) is 17.6. The monoisotopic (exact) mass is 377 g/mol. The van der Waals surface area contributed by atoms with Crippen molar-refractivity contribution in [2.45, 2.75) is 6.92 Å². The maximum Gasteiger partial charge on any atom is 0.278 e. The molecule has 2 aromatic carbocycles. The Morgan fingerprint density at radius 1 is 1.07 bits per heavy atom. The zero-order valence-corrected chi connectivity index (χ0v) is 15.2. The number of aromatic nitrogens is 4. The third kappa shape index (κ3) is 3.16. The highest BCUT2D eigenvalue weighted by atomic mass is 19.1. The van der Waals surface area contributed by atoms with Gasteiger partial charge in [-0.15, -0.1) is 10.2 Å². The normalized spacial score (nSPS) is 10.8. The topological polar surface area (TPSA) is 81.4 Å². The number of carbonyl (C=O) groups excluding carboxylic acids is 1. The van der Waals surface area contributed by atoms with E-state index in [9.17, 15) is 9.18 Å². The molecule has 0 spiro atoms. The van der Waals surface area contributed by atoms with Crippen LogP contribution in [0.3, 0.4) is 0 Å². The zero-order valence-electron chi connectivity index (χ0n) is 15.2. The average Bonchev–Trinajstić information content (AvgIpc) is 3.14. The molecule has 2 aromatic heterocycles. The van der Waals surface area contributed by atoms with Crippen LogP contribution in [0.5, 0.6) is 5.75 Å². The van der Waals surface area contributed by atoms with E-state index in [0.29, 0.717) is 28.3 Å². The van der Waals surface area contributed by atoms with E-state index in [-0.39, 0.29) is 11.5 Å². The Morgan fingerprint density at radius 2 is 1.79 bits per heavy atom. The van der Waals surface area contributed by atoms with Crippen molar-refractivity contribution >= 4 is 17.2 Å². The summed E-state index contributed by atoms with van der Waals surface area (Å²) in [6.07, 6.45) is 1.62. The lowest BCUT2D eigenvalue weighted by Gasteiger charge is -2.08. The fourth-order valence-electron chi connectivity index (χ4n) is 2.86. The number of carbonyl (C=O) groups is 1. The molecule has 0 saturated carbocycles. The number of nitrogens with zero attached hydrogens (tertiary/aromatic N) is 4. The summed E-state index contributed by atoms with van der Waals surface area (Å²) in [6.45, 7) is 1.74. The molecule has 8 heteroatoms. The van der Waals surface area contributed by atoms with E-state index in [1.165, 1.54) is 12.1 Å². The van der Waals surface area contributed by atoms with Crippen molar-refractivity contribution in [3.8, 4) is 16.9 Å². The number of hydrogen-bond donors (Lipinski definition) is 1. The lowest BCUT2D eigenvalue weighted by molar-refractivity contribution is 0.102. The van der Waals surface area contributed by atoms with E-state index in [0.717, 1.165) is 5.56 Å². The van der Waals surface area contributed by atoms with Crippen molar-refractivity contribution in [1.82, 2.24) is 19.8 Å². The summed E-state index contributed by atoms with van der Waals surface area (Å²) in [5.41, 5.74) is 3.28. The molecular formula is C20H16FN5O2. The van der Waals surface area contributed by atoms with Gasteiger partial charge in [-0.1, -0.05) is 12.1 Å². The Bertz CT molecular complexity index is 1150. The fourth-order valence-corrected chi connectivity index (χ4v) is 2.86. The van der Waals surface area contributed by atoms with Crippen LogP contribution in [-0.4, -0.2) is 32.8 Å². The molecule has 4 aromatic rings. The molecule has 1 amide bonds. The molecular weight excluding hydrogens is 361 g/mol. The molecule has 0 aliphatic heterocycles. The molecule has 1 N–H and O–H groups in total. The number of rotatable bonds is 4. The van der Waals surface area contributed by atoms with Gasteiger partial charge in [0, 0.05) is 11.3 Å². The van der Waals surface area contributed by atoms with Gasteiger partial charge in [-0.25, -0.2) is 8.91 Å². The number of amides is 1. The van der Waals surface area contributed by atoms with Gasteiger partial charge in [0.2, 0.25) is 0 Å². The Balaban J connectivity index is 1.66. The van der Waals surface area contributed by atoms with Gasteiger partial charge in [-0.3, -0.25) is 4.79 Å². The fraction of sp³-hybridized carbons (Fsp3) is 0.100. The molecule has 140 valence electrons. The molecule has 0 unspecified atom stereocenters. The predicted molar refractivity (Wildman–Crippen MR) is 102 cm³/mol. The van der Waals surface area contributed by atoms with Crippen LogP contribution in [0.4, 0.5) is 10.1 Å². The number of nitrogens with one attached hydrogen (secondary N) is 1. The lowest BCUT2D eigenvalue weighted by atomic mass is 10.1. The quantitative estimate of drug-likeness (QED) is 0.589. The van der Waals surface area contributed by atoms with Gasteiger partial charge in [0.05, 0.1) is 19.0 Å². The molecule has 7 nitrogen and oxygen atoms in total. The van der Waals surface area contributed by atoms with Crippen LogP contribution >= 0.6 is 0 Å². The number of ether oxygens (including phenoxy) is 1. The van der Waals surface area contributed by atoms with Crippen LogP contribution in [-0.2, 0) is 0 Å². The van der Waals surface area contributed by atoms with E-state index in [4.69, 9.17) is 4.74 Å². The van der Waals surface area contributed by atoms with Gasteiger partial charge in [0.1, 0.15) is 11.6 Å². The van der Waals surface area contributed by atoms with Crippen LogP contribution in [0.15, 0.2) is 54.7 Å². The summed E-state index contributed by atoms with van der Waals surface area (Å²) in [5, 5.41) is 15.4. The largest absolute Gasteiger partial charge is 0.497 e. The number of benzene rings is 2. The third-order valence-electron chi connectivity index (χ3n) is 4.37. The first-order valence-electron chi connectivity index (χ1n) is 8.49. The van der Waals surface area contributed by atoms with E-state index in [1.54, 1.807) is 61.1 Å². The minimum Gasteiger partial charge on any atom is -0.497 e. The van der Waals surface area contributed by atoms with Crippen molar-refractivity contribution in [3.63, 3.8) is 0 Å². The zero-order chi connectivity index (χ0) is 19.7. The second-order valence-corrected chi connectivity index (χ2v) is 6.12. The number of hydrogen-bond acceptors (Lipinski definition) is 5. The van der Waals surface area contributed by atoms with Crippen LogP contribution < -0.4 is 10.1 Å². The van der Waals surface area contributed by atoms with Gasteiger partial charge >= 0.3 is 0 Å². The first-order chi connectivity index (χ1) is 13.6. The van der Waals surface area contributed by atoms with Gasteiger partial charge in [-0.05, 0) is 48.9 Å². The molecule has 2 heterocycles. The number of fused-ring (bicyclic) bond motifs is 1. The highest BCUT2D eigenvalue weighted by molar-refractivity contribution is 6.03. The third-order valence-corrected chi connectivity index (χ3v) is 4.37. The molecule has 0 bridgehead atoms. The number of halogens is 1. The standard InChI is InChI=1S/C20H16FN5O2/c1-12-18(20(27)23-15-7-9-16(28-2)10-8-15)24-25-19-17(11-22-26(12)19)13-3-5-14(21)6-4-13/h3-11H,1-2H3,(H,23,27). The molecule has 28 heavy (non-hydrogen) atoms. The Morgan fingerprint density at radius 3 is 2.46 bits per heavy atom. The molecule has 0 aliphatic carbocycles. The highest BCUT2D eigenvalue weighted by Crippen LogP contribution is 2.24.